The van der Waals surface area contributed by atoms with Gasteiger partial charge >= 0.3 is 0 Å². The Balaban J connectivity index is 1.62. The number of carbonyl (C=O) groups is 2. The molecule has 0 spiro atoms. The van der Waals surface area contributed by atoms with Gasteiger partial charge in [0.2, 0.25) is 0 Å². The third-order valence-electron chi connectivity index (χ3n) is 5.71. The Hall–Kier alpha value is -4.10. The van der Waals surface area contributed by atoms with Crippen molar-refractivity contribution in [3.05, 3.63) is 131 Å². The quantitative estimate of drug-likeness (QED) is 0.218. The van der Waals surface area contributed by atoms with E-state index in [4.69, 9.17) is 0 Å². The van der Waals surface area contributed by atoms with Crippen LogP contribution in [0.4, 0.5) is 11.4 Å². The van der Waals surface area contributed by atoms with Crippen molar-refractivity contribution in [3.8, 4) is 0 Å². The fraction of sp³-hybridized carbons (Fsp3) is 0. The summed E-state index contributed by atoms with van der Waals surface area (Å²) in [6.45, 7) is 0. The fourth-order valence-electron chi connectivity index (χ4n) is 3.85. The molecular formula is C28H20N2O6S4. The molecule has 5 rings (SSSR count). The number of sulfonamides is 2. The highest BCUT2D eigenvalue weighted by molar-refractivity contribution is 7.96. The van der Waals surface area contributed by atoms with Gasteiger partial charge in [0.15, 0.2) is 0 Å². The topological polar surface area (TPSA) is 109 Å². The zero-order chi connectivity index (χ0) is 28.3. The van der Waals surface area contributed by atoms with Crippen LogP contribution >= 0.6 is 22.7 Å². The smallest absolute Gasteiger partial charge is 0.268 e. The maximum absolute atomic E-state index is 13.6. The lowest BCUT2D eigenvalue weighted by molar-refractivity contribution is 0.0996. The number of amides is 2. The van der Waals surface area contributed by atoms with Crippen LogP contribution in [0.25, 0.3) is 0 Å². The number of thiophene rings is 2. The molecule has 40 heavy (non-hydrogen) atoms. The average molecular weight is 609 g/mol. The van der Waals surface area contributed by atoms with E-state index < -0.39 is 31.9 Å². The molecule has 2 aromatic heterocycles. The van der Waals surface area contributed by atoms with Gasteiger partial charge < -0.3 is 0 Å². The number of nitrogens with zero attached hydrogens (tertiary/aromatic N) is 2. The Labute approximate surface area is 239 Å². The first-order valence-electron chi connectivity index (χ1n) is 11.7. The molecule has 0 aliphatic rings. The summed E-state index contributed by atoms with van der Waals surface area (Å²) in [5.41, 5.74) is 0.249. The molecule has 0 aliphatic carbocycles. The third-order valence-corrected chi connectivity index (χ3v) is 11.9. The molecule has 0 aliphatic heterocycles. The fourth-order valence-corrected chi connectivity index (χ4v) is 8.81. The number of anilines is 2. The Bertz CT molecular complexity index is 1700. The zero-order valence-electron chi connectivity index (χ0n) is 20.5. The summed E-state index contributed by atoms with van der Waals surface area (Å²) in [6, 6.07) is 27.0. The second-order valence-corrected chi connectivity index (χ2v) is 14.2. The number of benzene rings is 3. The number of rotatable bonds is 8. The Morgan fingerprint density at radius 1 is 0.475 bits per heavy atom. The van der Waals surface area contributed by atoms with Crippen LogP contribution in [-0.2, 0) is 20.0 Å². The molecule has 0 radical (unpaired) electrons. The van der Waals surface area contributed by atoms with Crippen LogP contribution in [0, 0.1) is 0 Å². The Morgan fingerprint density at radius 3 is 1.12 bits per heavy atom. The maximum Gasteiger partial charge on any atom is 0.280 e. The van der Waals surface area contributed by atoms with Crippen molar-refractivity contribution in [2.45, 2.75) is 8.42 Å². The van der Waals surface area contributed by atoms with Gasteiger partial charge in [0, 0.05) is 11.1 Å². The lowest BCUT2D eigenvalue weighted by Crippen LogP contribution is -2.37. The number of carbonyl (C=O) groups excluding carboxylic acids is 2. The highest BCUT2D eigenvalue weighted by Crippen LogP contribution is 2.33. The summed E-state index contributed by atoms with van der Waals surface area (Å²) < 4.78 is 55.6. The third kappa shape index (κ3) is 5.21. The molecule has 0 atom stereocenters. The standard InChI is InChI=1S/C28H20N2O6S4/c31-27(21-9-3-1-4-10-21)29(39(33,34)25-13-7-19-37-25)23-15-17-24(18-16-23)30(28(32)22-11-5-2-6-12-22)40(35,36)26-14-8-20-38-26/h1-20H. The molecule has 12 heteroatoms. The molecule has 202 valence electrons. The summed E-state index contributed by atoms with van der Waals surface area (Å²) >= 11 is 1.93. The van der Waals surface area contributed by atoms with E-state index in [1.165, 1.54) is 60.7 Å². The van der Waals surface area contributed by atoms with E-state index in [9.17, 15) is 26.4 Å². The van der Waals surface area contributed by atoms with E-state index in [-0.39, 0.29) is 30.9 Å². The second kappa shape index (κ2) is 11.2. The van der Waals surface area contributed by atoms with Gasteiger partial charge in [-0.05, 0) is 71.4 Å². The lowest BCUT2D eigenvalue weighted by atomic mass is 10.2. The van der Waals surface area contributed by atoms with Crippen LogP contribution in [0.1, 0.15) is 20.7 Å². The van der Waals surface area contributed by atoms with Crippen LogP contribution < -0.4 is 8.61 Å². The first-order valence-corrected chi connectivity index (χ1v) is 16.3. The molecule has 3 aromatic carbocycles. The van der Waals surface area contributed by atoms with Crippen LogP contribution in [-0.4, -0.2) is 28.6 Å². The van der Waals surface area contributed by atoms with E-state index in [0.717, 1.165) is 22.7 Å². The summed E-state index contributed by atoms with van der Waals surface area (Å²) in [4.78, 5) is 27.0. The van der Waals surface area contributed by atoms with Gasteiger partial charge in [-0.1, -0.05) is 48.5 Å². The summed E-state index contributed by atoms with van der Waals surface area (Å²) in [7, 11) is -8.62. The van der Waals surface area contributed by atoms with Crippen LogP contribution in [0.15, 0.2) is 128 Å². The van der Waals surface area contributed by atoms with Crippen molar-refractivity contribution in [1.29, 1.82) is 0 Å². The normalized spacial score (nSPS) is 11.6. The molecule has 0 bridgehead atoms. The first-order chi connectivity index (χ1) is 19.2. The molecule has 0 N–H and O–H groups in total. The van der Waals surface area contributed by atoms with Crippen LogP contribution in [0.3, 0.4) is 0 Å². The number of hydrogen-bond acceptors (Lipinski definition) is 8. The molecule has 2 heterocycles. The zero-order valence-corrected chi connectivity index (χ0v) is 23.8. The van der Waals surface area contributed by atoms with Gasteiger partial charge in [-0.25, -0.2) is 0 Å². The van der Waals surface area contributed by atoms with E-state index in [0.29, 0.717) is 8.61 Å². The van der Waals surface area contributed by atoms with E-state index in [1.54, 1.807) is 59.3 Å². The van der Waals surface area contributed by atoms with E-state index in [2.05, 4.69) is 0 Å². The summed E-state index contributed by atoms with van der Waals surface area (Å²) in [6.07, 6.45) is 0. The highest BCUT2D eigenvalue weighted by Gasteiger charge is 2.35. The van der Waals surface area contributed by atoms with Gasteiger partial charge in [-0.3, -0.25) is 9.59 Å². The lowest BCUT2D eigenvalue weighted by Gasteiger charge is -2.25. The second-order valence-electron chi connectivity index (χ2n) is 8.26. The minimum absolute atomic E-state index is 0.0216. The molecular weight excluding hydrogens is 589 g/mol. The van der Waals surface area contributed by atoms with Crippen LogP contribution in [0.2, 0.25) is 0 Å². The highest BCUT2D eigenvalue weighted by atomic mass is 32.3. The average Bonchev–Trinajstić information content (AvgIpc) is 3.71. The van der Waals surface area contributed by atoms with Gasteiger partial charge in [0.25, 0.3) is 31.9 Å². The van der Waals surface area contributed by atoms with Crippen molar-refractivity contribution in [2.24, 2.45) is 0 Å². The van der Waals surface area contributed by atoms with E-state index >= 15 is 0 Å². The predicted molar refractivity (Wildman–Crippen MR) is 156 cm³/mol. The van der Waals surface area contributed by atoms with Gasteiger partial charge in [0.05, 0.1) is 11.4 Å². The predicted octanol–water partition coefficient (Wildman–Crippen LogP) is 5.88. The van der Waals surface area contributed by atoms with E-state index in [1.807, 2.05) is 0 Å². The van der Waals surface area contributed by atoms with Crippen molar-refractivity contribution in [1.82, 2.24) is 0 Å². The maximum atomic E-state index is 13.6. The molecule has 0 saturated heterocycles. The van der Waals surface area contributed by atoms with Crippen molar-refractivity contribution in [2.75, 3.05) is 8.61 Å². The largest absolute Gasteiger partial charge is 0.280 e. The Morgan fingerprint density at radius 2 is 0.825 bits per heavy atom. The van der Waals surface area contributed by atoms with Crippen LogP contribution in [0.5, 0.6) is 0 Å². The molecule has 2 amide bonds. The monoisotopic (exact) mass is 608 g/mol. The van der Waals surface area contributed by atoms with Crippen molar-refractivity contribution in [3.63, 3.8) is 0 Å². The first kappa shape index (κ1) is 27.5. The summed E-state index contributed by atoms with van der Waals surface area (Å²) in [5.74, 6) is -1.57. The molecule has 8 nitrogen and oxygen atoms in total. The van der Waals surface area contributed by atoms with Gasteiger partial charge in [-0.2, -0.15) is 25.4 Å². The summed E-state index contributed by atoms with van der Waals surface area (Å²) in [5, 5.41) is 3.17. The van der Waals surface area contributed by atoms with Gasteiger partial charge in [-0.15, -0.1) is 22.7 Å². The minimum atomic E-state index is -4.31. The SMILES string of the molecule is O=C(c1ccccc1)N(c1ccc(N(C(=O)c2ccccc2)S(=O)(=O)c2cccs2)cc1)S(=O)(=O)c1cccs1. The minimum Gasteiger partial charge on any atom is -0.268 e. The molecule has 5 aromatic rings. The van der Waals surface area contributed by atoms with Crippen molar-refractivity contribution < 1.29 is 26.4 Å². The van der Waals surface area contributed by atoms with Gasteiger partial charge in [0.1, 0.15) is 8.42 Å². The molecule has 0 unspecified atom stereocenters. The van der Waals surface area contributed by atoms with Crippen molar-refractivity contribution >= 4 is 65.9 Å². The Kier molecular flexibility index (Phi) is 7.68. The molecule has 0 saturated carbocycles. The number of hydrogen-bond donors (Lipinski definition) is 0. The molecule has 0 fully saturated rings.